The zero-order chi connectivity index (χ0) is 43.7. The molecule has 5 atom stereocenters. The molecule has 5 unspecified atom stereocenters. The standard InChI is InChI=1S/C49H53F3N6O5/c1-27(2)46(59)62-29(4)63-48(60)58-34-13-14-35(58)25-56(24-34)45-37-23-53-43(36-21-28(3)20-33-12-15-38(50)41(51)40(33)36)42(52)44(37)54-47(55-45)61-26-49-17-7-19-57(49)39(16-18-49)32-11-10-30-8-5-6-9-31(30)22-32/h10-12,15,20-23,27,29,34-35,39H,5-9,13-14,16-19,24-26H2,1-4H3. The van der Waals surface area contributed by atoms with Crippen LogP contribution in [0.25, 0.3) is 32.9 Å². The lowest BCUT2D eigenvalue weighted by atomic mass is 9.88. The van der Waals surface area contributed by atoms with Crippen molar-refractivity contribution in [2.24, 2.45) is 5.92 Å². The van der Waals surface area contributed by atoms with Gasteiger partial charge in [0.25, 0.3) is 0 Å². The van der Waals surface area contributed by atoms with Gasteiger partial charge in [0.15, 0.2) is 17.5 Å². The maximum atomic E-state index is 17.3. The van der Waals surface area contributed by atoms with Gasteiger partial charge < -0.3 is 19.1 Å². The Morgan fingerprint density at radius 2 is 1.65 bits per heavy atom. The number of halogens is 3. The number of hydrogen-bond donors (Lipinski definition) is 0. The van der Waals surface area contributed by atoms with Crippen LogP contribution in [0, 0.1) is 30.3 Å². The molecular formula is C49H53F3N6O5. The number of fused-ring (bicyclic) bond motifs is 6. The van der Waals surface area contributed by atoms with Crippen molar-refractivity contribution in [1.29, 1.82) is 0 Å². The number of nitrogens with zero attached hydrogens (tertiary/aromatic N) is 6. The third-order valence-corrected chi connectivity index (χ3v) is 14.2. The average molecular weight is 863 g/mol. The van der Waals surface area contributed by atoms with E-state index in [1.54, 1.807) is 30.9 Å². The van der Waals surface area contributed by atoms with E-state index in [-0.39, 0.29) is 57.8 Å². The largest absolute Gasteiger partial charge is 0.461 e. The topological polar surface area (TPSA) is 110 Å². The highest BCUT2D eigenvalue weighted by Crippen LogP contribution is 2.49. The highest BCUT2D eigenvalue weighted by molar-refractivity contribution is 6.00. The highest BCUT2D eigenvalue weighted by atomic mass is 19.2. The summed E-state index contributed by atoms with van der Waals surface area (Å²) in [5.74, 6) is -3.36. The molecule has 5 aromatic rings. The second-order valence-electron chi connectivity index (χ2n) is 18.6. The highest BCUT2D eigenvalue weighted by Gasteiger charge is 2.51. The van der Waals surface area contributed by atoms with Gasteiger partial charge in [-0.15, -0.1) is 0 Å². The zero-order valence-corrected chi connectivity index (χ0v) is 36.3. The number of pyridine rings is 1. The van der Waals surface area contributed by atoms with Crippen molar-refractivity contribution >= 4 is 39.6 Å². The summed E-state index contributed by atoms with van der Waals surface area (Å²) in [6.45, 7) is 8.73. The molecule has 4 aliphatic heterocycles. The first-order valence-electron chi connectivity index (χ1n) is 22.6. The fraction of sp³-hybridized carbons (Fsp3) is 0.490. The van der Waals surface area contributed by atoms with Crippen molar-refractivity contribution in [3.8, 4) is 17.3 Å². The molecule has 0 saturated carbocycles. The molecule has 10 rings (SSSR count). The van der Waals surface area contributed by atoms with Crippen LogP contribution >= 0.6 is 0 Å². The number of anilines is 1. The first kappa shape index (κ1) is 41.5. The number of carbonyl (C=O) groups is 2. The Morgan fingerprint density at radius 1 is 0.873 bits per heavy atom. The van der Waals surface area contributed by atoms with Crippen LogP contribution in [0.4, 0.5) is 23.8 Å². The van der Waals surface area contributed by atoms with E-state index in [1.807, 2.05) is 11.8 Å². The van der Waals surface area contributed by atoms with E-state index in [0.29, 0.717) is 49.1 Å². The van der Waals surface area contributed by atoms with Crippen molar-refractivity contribution in [3.63, 3.8) is 0 Å². The third-order valence-electron chi connectivity index (χ3n) is 14.2. The lowest BCUT2D eigenvalue weighted by Crippen LogP contribution is -2.56. The second kappa shape index (κ2) is 16.2. The van der Waals surface area contributed by atoms with Crippen LogP contribution in [-0.4, -0.2) is 87.0 Å². The zero-order valence-electron chi connectivity index (χ0n) is 36.3. The fourth-order valence-corrected chi connectivity index (χ4v) is 11.2. The molecule has 330 valence electrons. The Balaban J connectivity index is 0.991. The lowest BCUT2D eigenvalue weighted by Gasteiger charge is -2.41. The number of aromatic nitrogens is 3. The quantitative estimate of drug-likeness (QED) is 0.105. The molecule has 14 heteroatoms. The Kier molecular flexibility index (Phi) is 10.7. The molecular weight excluding hydrogens is 810 g/mol. The number of piperazine rings is 1. The Bertz CT molecular complexity index is 2630. The van der Waals surface area contributed by atoms with Crippen molar-refractivity contribution < 1.29 is 37.0 Å². The summed E-state index contributed by atoms with van der Waals surface area (Å²) < 4.78 is 65.1. The summed E-state index contributed by atoms with van der Waals surface area (Å²) >= 11 is 0. The lowest BCUT2D eigenvalue weighted by molar-refractivity contribution is -0.170. The minimum absolute atomic E-state index is 0.00769. The normalized spacial score (nSPS) is 23.7. The van der Waals surface area contributed by atoms with Crippen LogP contribution in [-0.2, 0) is 27.1 Å². The van der Waals surface area contributed by atoms with Crippen LogP contribution in [0.15, 0.2) is 48.7 Å². The number of carbonyl (C=O) groups excluding carboxylic acids is 2. The molecule has 4 saturated heterocycles. The number of rotatable bonds is 9. The number of aryl methyl sites for hydroxylation is 3. The first-order valence-corrected chi connectivity index (χ1v) is 22.6. The van der Waals surface area contributed by atoms with Gasteiger partial charge in [-0.2, -0.15) is 9.97 Å². The van der Waals surface area contributed by atoms with Gasteiger partial charge in [0.05, 0.1) is 28.9 Å². The van der Waals surface area contributed by atoms with E-state index >= 15 is 8.78 Å². The van der Waals surface area contributed by atoms with E-state index in [2.05, 4.69) is 28.1 Å². The summed E-state index contributed by atoms with van der Waals surface area (Å²) in [4.78, 5) is 46.3. The first-order chi connectivity index (χ1) is 30.4. The maximum absolute atomic E-state index is 17.3. The fourth-order valence-electron chi connectivity index (χ4n) is 11.2. The van der Waals surface area contributed by atoms with Crippen LogP contribution in [0.3, 0.4) is 0 Å². The summed E-state index contributed by atoms with van der Waals surface area (Å²) in [5, 5.41) is 0.675. The van der Waals surface area contributed by atoms with Crippen LogP contribution < -0.4 is 9.64 Å². The van der Waals surface area contributed by atoms with Crippen molar-refractivity contribution in [1.82, 2.24) is 24.8 Å². The molecule has 0 spiro atoms. The Morgan fingerprint density at radius 3 is 2.43 bits per heavy atom. The van der Waals surface area contributed by atoms with E-state index in [4.69, 9.17) is 24.2 Å². The molecule has 0 N–H and O–H groups in total. The van der Waals surface area contributed by atoms with Gasteiger partial charge in [-0.3, -0.25) is 19.6 Å². The predicted octanol–water partition coefficient (Wildman–Crippen LogP) is 9.53. The van der Waals surface area contributed by atoms with Gasteiger partial charge in [0, 0.05) is 43.2 Å². The molecule has 11 nitrogen and oxygen atoms in total. The van der Waals surface area contributed by atoms with Gasteiger partial charge in [0.2, 0.25) is 6.29 Å². The third kappa shape index (κ3) is 7.41. The van der Waals surface area contributed by atoms with Gasteiger partial charge in [-0.1, -0.05) is 44.2 Å². The minimum Gasteiger partial charge on any atom is -0.461 e. The van der Waals surface area contributed by atoms with Gasteiger partial charge in [0.1, 0.15) is 23.6 Å². The maximum Gasteiger partial charge on any atom is 0.413 e. The van der Waals surface area contributed by atoms with Crippen molar-refractivity contribution in [2.75, 3.05) is 31.1 Å². The number of esters is 1. The van der Waals surface area contributed by atoms with Crippen molar-refractivity contribution in [3.05, 3.63) is 88.4 Å². The summed E-state index contributed by atoms with van der Waals surface area (Å²) in [5.41, 5.74) is 4.67. The molecule has 63 heavy (non-hydrogen) atoms. The minimum atomic E-state index is -1.08. The van der Waals surface area contributed by atoms with E-state index in [9.17, 15) is 14.0 Å². The van der Waals surface area contributed by atoms with E-state index in [1.165, 1.54) is 48.7 Å². The number of ether oxygens (including phenoxy) is 3. The number of benzene rings is 3. The molecule has 1 amide bonds. The average Bonchev–Trinajstić information content (AvgIpc) is 3.93. The number of hydrogen-bond acceptors (Lipinski definition) is 10. The Hall–Kier alpha value is -5.50. The van der Waals surface area contributed by atoms with Gasteiger partial charge in [-0.05, 0) is 117 Å². The Labute approximate surface area is 364 Å². The predicted molar refractivity (Wildman–Crippen MR) is 232 cm³/mol. The summed E-state index contributed by atoms with van der Waals surface area (Å²) in [6, 6.07) is 12.7. The smallest absolute Gasteiger partial charge is 0.413 e. The van der Waals surface area contributed by atoms with Gasteiger partial charge >= 0.3 is 18.1 Å². The molecule has 5 aliphatic rings. The molecule has 4 fully saturated rings. The molecule has 2 aromatic heterocycles. The van der Waals surface area contributed by atoms with Crippen LogP contribution in [0.5, 0.6) is 6.01 Å². The SMILES string of the molecule is Cc1cc(-c2ncc3c(N4CC5CCC(C4)N5C(=O)OC(C)OC(=O)C(C)C)nc(OCC45CCCN4C(c4ccc6c(c4)CCCC6)CC5)nc3c2F)c2c(F)c(F)ccc2c1. The molecule has 1 aliphatic carbocycles. The van der Waals surface area contributed by atoms with Crippen LogP contribution in [0.2, 0.25) is 0 Å². The van der Waals surface area contributed by atoms with E-state index < -0.39 is 35.8 Å². The number of amides is 1. The van der Waals surface area contributed by atoms with Crippen LogP contribution in [0.1, 0.15) is 100 Å². The molecule has 3 aromatic carbocycles. The van der Waals surface area contributed by atoms with Gasteiger partial charge in [-0.25, -0.2) is 18.0 Å². The molecule has 2 bridgehead atoms. The van der Waals surface area contributed by atoms with E-state index in [0.717, 1.165) is 56.7 Å². The second-order valence-corrected chi connectivity index (χ2v) is 18.6. The molecule has 0 radical (unpaired) electrons. The van der Waals surface area contributed by atoms with Crippen molar-refractivity contribution in [2.45, 2.75) is 122 Å². The summed E-state index contributed by atoms with van der Waals surface area (Å²) in [6.07, 6.45) is 9.94. The monoisotopic (exact) mass is 862 g/mol. The molecule has 6 heterocycles. The summed E-state index contributed by atoms with van der Waals surface area (Å²) in [7, 11) is 0.